The maximum atomic E-state index is 12.3. The molecule has 4 nitrogen and oxygen atoms in total. The van der Waals surface area contributed by atoms with E-state index in [2.05, 4.69) is 6.92 Å². The van der Waals surface area contributed by atoms with Crippen LogP contribution in [0.25, 0.3) is 0 Å². The van der Waals surface area contributed by atoms with Crippen LogP contribution >= 0.6 is 12.4 Å². The Morgan fingerprint density at radius 3 is 2.58 bits per heavy atom. The third kappa shape index (κ3) is 3.25. The first-order valence-electron chi connectivity index (χ1n) is 6.07. The highest BCUT2D eigenvalue weighted by Crippen LogP contribution is 2.29. The lowest BCUT2D eigenvalue weighted by molar-refractivity contribution is 0.0777. The minimum Gasteiger partial charge on any atom is -0.338 e. The highest BCUT2D eigenvalue weighted by molar-refractivity contribution is 5.94. The molecule has 2 rings (SSSR count). The van der Waals surface area contributed by atoms with Crippen molar-refractivity contribution in [3.63, 3.8) is 0 Å². The second-order valence-corrected chi connectivity index (χ2v) is 5.18. The molecule has 0 bridgehead atoms. The maximum absolute atomic E-state index is 12.3. The first kappa shape index (κ1) is 15.5. The molecule has 19 heavy (non-hydrogen) atoms. The van der Waals surface area contributed by atoms with Crippen LogP contribution in [-0.2, 0) is 0 Å². The van der Waals surface area contributed by atoms with Gasteiger partial charge in [0.15, 0.2) is 0 Å². The average molecular weight is 280 g/mol. The number of hydrogen-bond acceptors (Lipinski definition) is 3. The van der Waals surface area contributed by atoms with Gasteiger partial charge in [-0.25, -0.2) is 0 Å². The van der Waals surface area contributed by atoms with E-state index in [9.17, 15) is 4.79 Å². The van der Waals surface area contributed by atoms with Gasteiger partial charge >= 0.3 is 0 Å². The molecule has 1 atom stereocenters. The van der Waals surface area contributed by atoms with E-state index in [0.29, 0.717) is 24.2 Å². The molecule has 0 radical (unpaired) electrons. The van der Waals surface area contributed by atoms with Crippen molar-refractivity contribution in [3.05, 3.63) is 35.4 Å². The lowest BCUT2D eigenvalue weighted by Crippen LogP contribution is -2.34. The van der Waals surface area contributed by atoms with E-state index in [1.807, 2.05) is 11.0 Å². The Balaban J connectivity index is 0.00000180. The summed E-state index contributed by atoms with van der Waals surface area (Å²) in [7, 11) is 0. The fraction of sp³-hybridized carbons (Fsp3) is 0.429. The number of benzene rings is 1. The largest absolute Gasteiger partial charge is 0.338 e. The van der Waals surface area contributed by atoms with Gasteiger partial charge in [0.25, 0.3) is 5.91 Å². The molecule has 0 saturated carbocycles. The number of halogens is 1. The first-order valence-corrected chi connectivity index (χ1v) is 6.07. The van der Waals surface area contributed by atoms with Crippen molar-refractivity contribution in [2.24, 2.45) is 11.1 Å². The van der Waals surface area contributed by atoms with Crippen molar-refractivity contribution in [2.45, 2.75) is 13.3 Å². The van der Waals surface area contributed by atoms with Gasteiger partial charge in [-0.1, -0.05) is 6.92 Å². The zero-order chi connectivity index (χ0) is 13.2. The second-order valence-electron chi connectivity index (χ2n) is 5.18. The summed E-state index contributed by atoms with van der Waals surface area (Å²) in [6, 6.07) is 8.80. The van der Waals surface area contributed by atoms with E-state index in [4.69, 9.17) is 11.0 Å². The minimum atomic E-state index is 0. The van der Waals surface area contributed by atoms with Crippen LogP contribution < -0.4 is 5.73 Å². The zero-order valence-corrected chi connectivity index (χ0v) is 11.7. The van der Waals surface area contributed by atoms with Gasteiger partial charge < -0.3 is 10.6 Å². The predicted octanol–water partition coefficient (Wildman–Crippen LogP) is 1.79. The number of nitrogens with zero attached hydrogens (tertiary/aromatic N) is 2. The number of amides is 1. The van der Waals surface area contributed by atoms with Gasteiger partial charge in [0.2, 0.25) is 0 Å². The van der Waals surface area contributed by atoms with Crippen molar-refractivity contribution in [3.8, 4) is 6.07 Å². The van der Waals surface area contributed by atoms with Gasteiger partial charge in [0.1, 0.15) is 0 Å². The van der Waals surface area contributed by atoms with Crippen LogP contribution in [0.4, 0.5) is 0 Å². The SMILES string of the molecule is CC1(CN)CCN(C(=O)c2ccc(C#N)cc2)C1.Cl. The summed E-state index contributed by atoms with van der Waals surface area (Å²) < 4.78 is 0. The van der Waals surface area contributed by atoms with Crippen LogP contribution in [0.3, 0.4) is 0 Å². The monoisotopic (exact) mass is 279 g/mol. The Labute approximate surface area is 119 Å². The van der Waals surface area contributed by atoms with E-state index in [1.54, 1.807) is 24.3 Å². The molecule has 1 aliphatic rings. The van der Waals surface area contributed by atoms with Gasteiger partial charge in [0.05, 0.1) is 11.6 Å². The Bertz CT molecular complexity index is 494. The van der Waals surface area contributed by atoms with Gasteiger partial charge in [-0.15, -0.1) is 12.4 Å². The molecule has 2 N–H and O–H groups in total. The molecule has 1 heterocycles. The van der Waals surface area contributed by atoms with Crippen molar-refractivity contribution in [2.75, 3.05) is 19.6 Å². The molecule has 1 aromatic carbocycles. The van der Waals surface area contributed by atoms with Crippen LogP contribution in [0.1, 0.15) is 29.3 Å². The number of nitrogens with two attached hydrogens (primary N) is 1. The molecule has 1 aromatic rings. The van der Waals surface area contributed by atoms with Gasteiger partial charge in [0, 0.05) is 18.7 Å². The van der Waals surface area contributed by atoms with Gasteiger partial charge in [-0.2, -0.15) is 5.26 Å². The summed E-state index contributed by atoms with van der Waals surface area (Å²) >= 11 is 0. The lowest BCUT2D eigenvalue weighted by atomic mass is 9.90. The molecule has 0 aromatic heterocycles. The van der Waals surface area contributed by atoms with E-state index in [-0.39, 0.29) is 23.7 Å². The molecule has 5 heteroatoms. The van der Waals surface area contributed by atoms with E-state index in [1.165, 1.54) is 0 Å². The predicted molar refractivity (Wildman–Crippen MR) is 76.1 cm³/mol. The topological polar surface area (TPSA) is 70.1 Å². The lowest BCUT2D eigenvalue weighted by Gasteiger charge is -2.22. The molecule has 1 saturated heterocycles. The van der Waals surface area contributed by atoms with E-state index < -0.39 is 0 Å². The molecular weight excluding hydrogens is 262 g/mol. The first-order chi connectivity index (χ1) is 8.58. The summed E-state index contributed by atoms with van der Waals surface area (Å²) in [4.78, 5) is 14.1. The van der Waals surface area contributed by atoms with Crippen LogP contribution in [0.15, 0.2) is 24.3 Å². The highest BCUT2D eigenvalue weighted by Gasteiger charge is 2.35. The summed E-state index contributed by atoms with van der Waals surface area (Å²) in [5.74, 6) is 0.0247. The summed E-state index contributed by atoms with van der Waals surface area (Å²) in [6.07, 6.45) is 0.950. The fourth-order valence-electron chi connectivity index (χ4n) is 2.23. The molecule has 0 spiro atoms. The Morgan fingerprint density at radius 2 is 2.11 bits per heavy atom. The molecular formula is C14H18ClN3O. The fourth-order valence-corrected chi connectivity index (χ4v) is 2.23. The Hall–Kier alpha value is -1.57. The van der Waals surface area contributed by atoms with Crippen molar-refractivity contribution in [1.82, 2.24) is 4.90 Å². The van der Waals surface area contributed by atoms with Crippen molar-refractivity contribution in [1.29, 1.82) is 5.26 Å². The number of hydrogen-bond donors (Lipinski definition) is 1. The van der Waals surface area contributed by atoms with Crippen molar-refractivity contribution >= 4 is 18.3 Å². The van der Waals surface area contributed by atoms with Gasteiger partial charge in [-0.05, 0) is 42.6 Å². The molecule has 1 amide bonds. The summed E-state index contributed by atoms with van der Waals surface area (Å²) in [6.45, 7) is 4.18. The smallest absolute Gasteiger partial charge is 0.253 e. The summed E-state index contributed by atoms with van der Waals surface area (Å²) in [5.41, 5.74) is 6.98. The number of likely N-dealkylation sites (tertiary alicyclic amines) is 1. The normalized spacial score (nSPS) is 21.6. The van der Waals surface area contributed by atoms with Crippen LogP contribution in [0.5, 0.6) is 0 Å². The Kier molecular flexibility index (Phi) is 4.93. The summed E-state index contributed by atoms with van der Waals surface area (Å²) in [5, 5.41) is 8.72. The maximum Gasteiger partial charge on any atom is 0.253 e. The molecule has 102 valence electrons. The van der Waals surface area contributed by atoms with Crippen LogP contribution in [0, 0.1) is 16.7 Å². The standard InChI is InChI=1S/C14H17N3O.ClH/c1-14(9-16)6-7-17(10-14)13(18)12-4-2-11(8-15)3-5-12;/h2-5H,6-7,9-10,16H2,1H3;1H. The molecule has 0 aliphatic carbocycles. The van der Waals surface area contributed by atoms with E-state index >= 15 is 0 Å². The number of carbonyl (C=O) groups is 1. The number of rotatable bonds is 2. The zero-order valence-electron chi connectivity index (χ0n) is 10.9. The number of nitriles is 1. The third-order valence-corrected chi connectivity index (χ3v) is 3.60. The van der Waals surface area contributed by atoms with Crippen LogP contribution in [0.2, 0.25) is 0 Å². The molecule has 1 fully saturated rings. The van der Waals surface area contributed by atoms with Crippen LogP contribution in [-0.4, -0.2) is 30.4 Å². The van der Waals surface area contributed by atoms with E-state index in [0.717, 1.165) is 13.0 Å². The quantitative estimate of drug-likeness (QED) is 0.897. The Morgan fingerprint density at radius 1 is 1.47 bits per heavy atom. The average Bonchev–Trinajstić information content (AvgIpc) is 2.81. The second kappa shape index (κ2) is 6.05. The molecule has 1 aliphatic heterocycles. The minimum absolute atomic E-state index is 0. The molecule has 1 unspecified atom stereocenters. The number of carbonyl (C=O) groups excluding carboxylic acids is 1. The van der Waals surface area contributed by atoms with Gasteiger partial charge in [-0.3, -0.25) is 4.79 Å². The highest BCUT2D eigenvalue weighted by atomic mass is 35.5. The van der Waals surface area contributed by atoms with Crippen molar-refractivity contribution < 1.29 is 4.79 Å². The third-order valence-electron chi connectivity index (χ3n) is 3.60.